The van der Waals surface area contributed by atoms with Crippen LogP contribution in [-0.4, -0.2) is 33.3 Å². The van der Waals surface area contributed by atoms with E-state index >= 15 is 0 Å². The van der Waals surface area contributed by atoms with Gasteiger partial charge in [0, 0.05) is 19.3 Å². The van der Waals surface area contributed by atoms with Gasteiger partial charge >= 0.3 is 0 Å². The van der Waals surface area contributed by atoms with Gasteiger partial charge in [-0.2, -0.15) is 0 Å². The Balaban J connectivity index is 1.81. The number of pyridine rings is 1. The van der Waals surface area contributed by atoms with Gasteiger partial charge in [-0.15, -0.1) is 0 Å². The molecule has 5 nitrogen and oxygen atoms in total. The van der Waals surface area contributed by atoms with Gasteiger partial charge in [-0.1, -0.05) is 6.07 Å². The minimum absolute atomic E-state index is 0.00465. The molecule has 1 fully saturated rings. The molecule has 3 rings (SSSR count). The fourth-order valence-electron chi connectivity index (χ4n) is 2.80. The van der Waals surface area contributed by atoms with E-state index < -0.39 is 0 Å². The molecule has 2 N–H and O–H groups in total. The van der Waals surface area contributed by atoms with E-state index in [0.29, 0.717) is 0 Å². The quantitative estimate of drug-likeness (QED) is 0.891. The first-order valence-corrected chi connectivity index (χ1v) is 6.59. The lowest BCUT2D eigenvalue weighted by Gasteiger charge is -2.13. The molecule has 0 aromatic carbocycles. The summed E-state index contributed by atoms with van der Waals surface area (Å²) in [4.78, 5) is 18.1. The van der Waals surface area contributed by atoms with Gasteiger partial charge in [-0.05, 0) is 32.0 Å². The number of hydrogen-bond acceptors (Lipinski definition) is 3. The number of rotatable bonds is 3. The van der Waals surface area contributed by atoms with Crippen LogP contribution in [0.1, 0.15) is 17.9 Å². The van der Waals surface area contributed by atoms with Crippen molar-refractivity contribution in [1.29, 1.82) is 0 Å². The number of nitrogens with zero attached hydrogens (tertiary/aromatic N) is 3. The predicted molar refractivity (Wildman–Crippen MR) is 72.5 cm³/mol. The van der Waals surface area contributed by atoms with Crippen LogP contribution < -0.4 is 5.73 Å². The van der Waals surface area contributed by atoms with Crippen LogP contribution in [0.2, 0.25) is 0 Å². The number of primary amides is 1. The first kappa shape index (κ1) is 12.2. The molecule has 2 aromatic heterocycles. The molecule has 3 heterocycles. The molecule has 19 heavy (non-hydrogen) atoms. The molecule has 0 radical (unpaired) electrons. The Kier molecular flexibility index (Phi) is 2.98. The minimum Gasteiger partial charge on any atom is -0.369 e. The van der Waals surface area contributed by atoms with Gasteiger partial charge < -0.3 is 10.1 Å². The van der Waals surface area contributed by atoms with Gasteiger partial charge in [-0.25, -0.2) is 4.98 Å². The van der Waals surface area contributed by atoms with Crippen LogP contribution in [0.15, 0.2) is 24.4 Å². The van der Waals surface area contributed by atoms with Crippen molar-refractivity contribution in [2.24, 2.45) is 11.7 Å². The Morgan fingerprint density at radius 3 is 3.11 bits per heavy atom. The Hall–Kier alpha value is -1.88. The minimum atomic E-state index is -0.187. The monoisotopic (exact) mass is 258 g/mol. The zero-order chi connectivity index (χ0) is 13.4. The first-order chi connectivity index (χ1) is 9.15. The lowest BCUT2D eigenvalue weighted by atomic mass is 10.1. The van der Waals surface area contributed by atoms with E-state index in [2.05, 4.69) is 20.4 Å². The van der Waals surface area contributed by atoms with Crippen molar-refractivity contribution in [3.05, 3.63) is 35.9 Å². The average molecular weight is 258 g/mol. The summed E-state index contributed by atoms with van der Waals surface area (Å²) < 4.78 is 2.09. The number of carbonyl (C=O) groups is 1. The molecule has 1 saturated heterocycles. The summed E-state index contributed by atoms with van der Waals surface area (Å²) in [6.07, 6.45) is 2.89. The molecule has 0 bridgehead atoms. The third-order valence-corrected chi connectivity index (χ3v) is 3.85. The fraction of sp³-hybridized carbons (Fsp3) is 0.429. The van der Waals surface area contributed by atoms with E-state index in [4.69, 9.17) is 5.73 Å². The molecule has 1 aliphatic rings. The topological polar surface area (TPSA) is 63.6 Å². The standard InChI is InChI=1S/C14H18N4O/c1-10-16-12(13-4-2-3-6-18(10)13)9-17-7-5-11(8-17)14(15)19/h2-4,6,11H,5,7-9H2,1H3,(H2,15,19). The number of hydrogen-bond donors (Lipinski definition) is 1. The molecule has 0 aliphatic carbocycles. The normalized spacial score (nSPS) is 20.2. The second kappa shape index (κ2) is 4.66. The maximum Gasteiger partial charge on any atom is 0.221 e. The van der Waals surface area contributed by atoms with Crippen molar-refractivity contribution in [3.63, 3.8) is 0 Å². The summed E-state index contributed by atoms with van der Waals surface area (Å²) in [6, 6.07) is 6.11. The largest absolute Gasteiger partial charge is 0.369 e. The highest BCUT2D eigenvalue weighted by Gasteiger charge is 2.27. The molecule has 100 valence electrons. The Bertz CT molecular complexity index is 619. The van der Waals surface area contributed by atoms with E-state index in [1.54, 1.807) is 0 Å². The fourth-order valence-corrected chi connectivity index (χ4v) is 2.80. The van der Waals surface area contributed by atoms with Crippen molar-refractivity contribution >= 4 is 11.4 Å². The van der Waals surface area contributed by atoms with Gasteiger partial charge in [-0.3, -0.25) is 9.69 Å². The highest BCUT2D eigenvalue weighted by atomic mass is 16.1. The molecule has 5 heteroatoms. The van der Waals surface area contributed by atoms with Gasteiger partial charge in [0.2, 0.25) is 5.91 Å². The van der Waals surface area contributed by atoms with Gasteiger partial charge in [0.25, 0.3) is 0 Å². The van der Waals surface area contributed by atoms with Crippen molar-refractivity contribution in [1.82, 2.24) is 14.3 Å². The second-order valence-electron chi connectivity index (χ2n) is 5.18. The second-order valence-corrected chi connectivity index (χ2v) is 5.18. The van der Waals surface area contributed by atoms with Gasteiger partial charge in [0.05, 0.1) is 17.1 Å². The molecular formula is C14H18N4O. The van der Waals surface area contributed by atoms with Gasteiger partial charge in [0.15, 0.2) is 0 Å². The van der Waals surface area contributed by atoms with Crippen LogP contribution in [0.5, 0.6) is 0 Å². The third-order valence-electron chi connectivity index (χ3n) is 3.85. The number of aryl methyl sites for hydroxylation is 1. The third kappa shape index (κ3) is 2.21. The van der Waals surface area contributed by atoms with Crippen LogP contribution in [-0.2, 0) is 11.3 Å². The van der Waals surface area contributed by atoms with Gasteiger partial charge in [0.1, 0.15) is 5.82 Å². The number of aromatic nitrogens is 2. The zero-order valence-electron chi connectivity index (χ0n) is 11.0. The van der Waals surface area contributed by atoms with E-state index in [-0.39, 0.29) is 11.8 Å². The van der Waals surface area contributed by atoms with Crippen molar-refractivity contribution in [2.45, 2.75) is 19.9 Å². The highest BCUT2D eigenvalue weighted by Crippen LogP contribution is 2.20. The molecule has 1 atom stereocenters. The number of likely N-dealkylation sites (tertiary alicyclic amines) is 1. The van der Waals surface area contributed by atoms with Crippen molar-refractivity contribution in [2.75, 3.05) is 13.1 Å². The van der Waals surface area contributed by atoms with Crippen LogP contribution >= 0.6 is 0 Å². The number of carbonyl (C=O) groups excluding carboxylic acids is 1. The maximum absolute atomic E-state index is 11.2. The summed E-state index contributed by atoms with van der Waals surface area (Å²) in [6.45, 7) is 4.45. The van der Waals surface area contributed by atoms with E-state index in [0.717, 1.165) is 43.1 Å². The SMILES string of the molecule is Cc1nc(CN2CCC(C(N)=O)C2)c2ccccn12. The molecule has 2 aromatic rings. The molecule has 0 saturated carbocycles. The first-order valence-electron chi connectivity index (χ1n) is 6.59. The Morgan fingerprint density at radius 1 is 1.53 bits per heavy atom. The number of amides is 1. The summed E-state index contributed by atoms with van der Waals surface area (Å²) in [5.41, 5.74) is 7.58. The highest BCUT2D eigenvalue weighted by molar-refractivity contribution is 5.77. The van der Waals surface area contributed by atoms with Crippen molar-refractivity contribution < 1.29 is 4.79 Å². The average Bonchev–Trinajstić information content (AvgIpc) is 2.97. The molecule has 1 aliphatic heterocycles. The predicted octanol–water partition coefficient (Wildman–Crippen LogP) is 0.950. The number of imidazole rings is 1. The summed E-state index contributed by atoms with van der Waals surface area (Å²) in [5, 5.41) is 0. The lowest BCUT2D eigenvalue weighted by molar-refractivity contribution is -0.121. The van der Waals surface area contributed by atoms with E-state index in [1.807, 2.05) is 25.3 Å². The number of nitrogens with two attached hydrogens (primary N) is 1. The summed E-state index contributed by atoms with van der Waals surface area (Å²) >= 11 is 0. The molecule has 0 spiro atoms. The Labute approximate surface area is 112 Å². The van der Waals surface area contributed by atoms with E-state index in [9.17, 15) is 4.79 Å². The lowest BCUT2D eigenvalue weighted by Crippen LogP contribution is -2.27. The maximum atomic E-state index is 11.2. The van der Waals surface area contributed by atoms with Crippen LogP contribution in [0.25, 0.3) is 5.52 Å². The molecule has 1 amide bonds. The van der Waals surface area contributed by atoms with Crippen LogP contribution in [0.4, 0.5) is 0 Å². The summed E-state index contributed by atoms with van der Waals surface area (Å²) in [5.74, 6) is 0.805. The van der Waals surface area contributed by atoms with Crippen LogP contribution in [0.3, 0.4) is 0 Å². The molecule has 1 unspecified atom stereocenters. The van der Waals surface area contributed by atoms with E-state index in [1.165, 1.54) is 0 Å². The van der Waals surface area contributed by atoms with Crippen LogP contribution in [0, 0.1) is 12.8 Å². The summed E-state index contributed by atoms with van der Waals surface area (Å²) in [7, 11) is 0. The number of fused-ring (bicyclic) bond motifs is 1. The zero-order valence-corrected chi connectivity index (χ0v) is 11.0. The van der Waals surface area contributed by atoms with Crippen molar-refractivity contribution in [3.8, 4) is 0 Å². The Morgan fingerprint density at radius 2 is 2.37 bits per heavy atom. The smallest absolute Gasteiger partial charge is 0.221 e. The molecular weight excluding hydrogens is 240 g/mol.